The summed E-state index contributed by atoms with van der Waals surface area (Å²) in [5.74, 6) is 0. The van der Waals surface area contributed by atoms with Gasteiger partial charge in [0.25, 0.3) is 0 Å². The van der Waals surface area contributed by atoms with Crippen molar-refractivity contribution in [3.8, 4) is 0 Å². The Morgan fingerprint density at radius 1 is 1.11 bits per heavy atom. The fourth-order valence-corrected chi connectivity index (χ4v) is 1.73. The smallest absolute Gasteiger partial charge is 0.0219 e. The number of hydrogen-bond acceptors (Lipinski definition) is 1. The van der Waals surface area contributed by atoms with Crippen molar-refractivity contribution in [2.24, 2.45) is 0 Å². The molecule has 0 amide bonds. The number of nitrogens with one attached hydrogen (secondary N) is 1. The maximum Gasteiger partial charge on any atom is 0.0219 e. The Hall–Kier alpha value is -0.0800. The Morgan fingerprint density at radius 3 is 2.11 bits per heavy atom. The lowest BCUT2D eigenvalue weighted by molar-refractivity contribution is 0.152. The maximum absolute atomic E-state index is 4.31. The van der Waals surface area contributed by atoms with Gasteiger partial charge in [-0.3, -0.25) is 0 Å². The van der Waals surface area contributed by atoms with Crippen molar-refractivity contribution < 1.29 is 0 Å². The predicted octanol–water partition coefficient (Wildman–Crippen LogP) is 0.117. The Balaban J connectivity index is 1.93. The third kappa shape index (κ3) is 0.864. The van der Waals surface area contributed by atoms with Gasteiger partial charge in [0.05, 0.1) is 0 Å². The van der Waals surface area contributed by atoms with Crippen LogP contribution in [0.3, 0.4) is 0 Å². The summed E-state index contributed by atoms with van der Waals surface area (Å²) in [5.41, 5.74) is 0.557. The molecule has 0 saturated carbocycles. The third-order valence-electron chi connectivity index (χ3n) is 2.60. The van der Waals surface area contributed by atoms with Crippen LogP contribution in [0.2, 0.25) is 0 Å². The van der Waals surface area contributed by atoms with Crippen LogP contribution < -0.4 is 10.6 Å². The molecule has 2 fully saturated rings. The lowest BCUT2D eigenvalue weighted by Gasteiger charge is -2.45. The van der Waals surface area contributed by atoms with Gasteiger partial charge in [0.2, 0.25) is 0 Å². The molecular formula is C7H13N2. The molecule has 0 aromatic heterocycles. The quantitative estimate of drug-likeness (QED) is 0.489. The van der Waals surface area contributed by atoms with Crippen molar-refractivity contribution in [2.45, 2.75) is 24.8 Å². The molecule has 0 aromatic carbocycles. The van der Waals surface area contributed by atoms with Crippen molar-refractivity contribution in [1.82, 2.24) is 10.6 Å². The van der Waals surface area contributed by atoms with Crippen LogP contribution in [0.4, 0.5) is 0 Å². The van der Waals surface area contributed by atoms with E-state index in [2.05, 4.69) is 10.6 Å². The van der Waals surface area contributed by atoms with E-state index in [-0.39, 0.29) is 0 Å². The summed E-state index contributed by atoms with van der Waals surface area (Å²) < 4.78 is 0. The van der Waals surface area contributed by atoms with Crippen LogP contribution in [0, 0.1) is 0 Å². The third-order valence-corrected chi connectivity index (χ3v) is 2.60. The minimum Gasteiger partial charge on any atom is -0.311 e. The van der Waals surface area contributed by atoms with Crippen LogP contribution in [-0.4, -0.2) is 25.2 Å². The average Bonchev–Trinajstić information content (AvgIpc) is 1.87. The molecule has 2 aliphatic heterocycles. The summed E-state index contributed by atoms with van der Waals surface area (Å²) in [5, 5.41) is 7.82. The van der Waals surface area contributed by atoms with E-state index in [1.165, 1.54) is 25.8 Å². The molecule has 2 heterocycles. The van der Waals surface area contributed by atoms with Crippen molar-refractivity contribution in [2.75, 3.05) is 19.6 Å². The molecule has 2 rings (SSSR count). The zero-order valence-corrected chi connectivity index (χ0v) is 5.69. The van der Waals surface area contributed by atoms with Crippen molar-refractivity contribution >= 4 is 0 Å². The number of hydrogen-bond donors (Lipinski definition) is 1. The minimum atomic E-state index is 0.557. The molecule has 1 N–H and O–H groups in total. The molecule has 0 aliphatic carbocycles. The van der Waals surface area contributed by atoms with Crippen LogP contribution in [0.1, 0.15) is 19.3 Å². The van der Waals surface area contributed by atoms with Crippen LogP contribution in [0.5, 0.6) is 0 Å². The molecule has 1 radical (unpaired) electrons. The van der Waals surface area contributed by atoms with Crippen LogP contribution >= 0.6 is 0 Å². The van der Waals surface area contributed by atoms with E-state index in [0.29, 0.717) is 5.54 Å². The first-order valence-electron chi connectivity index (χ1n) is 3.80. The highest BCUT2D eigenvalue weighted by atomic mass is 15.1. The summed E-state index contributed by atoms with van der Waals surface area (Å²) in [4.78, 5) is 0. The summed E-state index contributed by atoms with van der Waals surface area (Å²) in [6.45, 7) is 3.42. The van der Waals surface area contributed by atoms with Gasteiger partial charge in [0, 0.05) is 18.6 Å². The summed E-state index contributed by atoms with van der Waals surface area (Å²) in [6, 6.07) is 0. The molecule has 0 bridgehead atoms. The first-order chi connectivity index (χ1) is 4.41. The molecule has 0 unspecified atom stereocenters. The average molecular weight is 125 g/mol. The fourth-order valence-electron chi connectivity index (χ4n) is 1.73. The van der Waals surface area contributed by atoms with Crippen LogP contribution in [0.15, 0.2) is 0 Å². The van der Waals surface area contributed by atoms with Crippen LogP contribution in [0.25, 0.3) is 0 Å². The molecule has 2 nitrogen and oxygen atoms in total. The number of rotatable bonds is 0. The highest BCUT2D eigenvalue weighted by Crippen LogP contribution is 2.28. The molecule has 2 aliphatic rings. The van der Waals surface area contributed by atoms with Gasteiger partial charge in [0.1, 0.15) is 0 Å². The summed E-state index contributed by atoms with van der Waals surface area (Å²) in [7, 11) is 0. The standard InChI is InChI=1S/C7H13N2/c1-4-8-5-2-7(1)3-6-9-7/h9H,1-6H2. The SMILES string of the molecule is C1CC2(CC[N]1)CCN2. The molecule has 0 aromatic rings. The highest BCUT2D eigenvalue weighted by molar-refractivity contribution is 4.99. The number of nitrogens with zero attached hydrogens (tertiary/aromatic N) is 1. The van der Waals surface area contributed by atoms with E-state index in [4.69, 9.17) is 0 Å². The number of piperidine rings is 1. The Morgan fingerprint density at radius 2 is 1.78 bits per heavy atom. The van der Waals surface area contributed by atoms with E-state index in [1.807, 2.05) is 0 Å². The van der Waals surface area contributed by atoms with E-state index in [9.17, 15) is 0 Å². The summed E-state index contributed by atoms with van der Waals surface area (Å²) >= 11 is 0. The van der Waals surface area contributed by atoms with Gasteiger partial charge in [-0.05, 0) is 25.8 Å². The predicted molar refractivity (Wildman–Crippen MR) is 36.5 cm³/mol. The first-order valence-corrected chi connectivity index (χ1v) is 3.80. The highest BCUT2D eigenvalue weighted by Gasteiger charge is 2.37. The molecule has 2 heteroatoms. The zero-order chi connectivity index (χ0) is 6.16. The Labute approximate surface area is 56.0 Å². The Kier molecular flexibility index (Phi) is 1.24. The van der Waals surface area contributed by atoms with E-state index in [0.717, 1.165) is 13.1 Å². The van der Waals surface area contributed by atoms with E-state index in [1.54, 1.807) is 0 Å². The minimum absolute atomic E-state index is 0.557. The van der Waals surface area contributed by atoms with Gasteiger partial charge in [-0.25, -0.2) is 5.32 Å². The molecule has 0 atom stereocenters. The molecule has 2 saturated heterocycles. The molecule has 51 valence electrons. The largest absolute Gasteiger partial charge is 0.311 e. The van der Waals surface area contributed by atoms with E-state index < -0.39 is 0 Å². The van der Waals surface area contributed by atoms with Crippen molar-refractivity contribution in [1.29, 1.82) is 0 Å². The van der Waals surface area contributed by atoms with Gasteiger partial charge < -0.3 is 5.32 Å². The Bertz CT molecular complexity index is 99.5. The normalized spacial score (nSPS) is 32.0. The molecular weight excluding hydrogens is 112 g/mol. The molecule has 1 spiro atoms. The van der Waals surface area contributed by atoms with Gasteiger partial charge in [-0.15, -0.1) is 0 Å². The summed E-state index contributed by atoms with van der Waals surface area (Å²) in [6.07, 6.45) is 3.96. The van der Waals surface area contributed by atoms with E-state index >= 15 is 0 Å². The fraction of sp³-hybridized carbons (Fsp3) is 1.00. The lowest BCUT2D eigenvalue weighted by atomic mass is 9.80. The molecule has 9 heavy (non-hydrogen) atoms. The van der Waals surface area contributed by atoms with Gasteiger partial charge in [0.15, 0.2) is 0 Å². The topological polar surface area (TPSA) is 26.1 Å². The second-order valence-corrected chi connectivity index (χ2v) is 3.13. The van der Waals surface area contributed by atoms with Gasteiger partial charge in [-0.1, -0.05) is 0 Å². The monoisotopic (exact) mass is 125 g/mol. The lowest BCUT2D eigenvalue weighted by Crippen LogP contribution is -2.60. The second kappa shape index (κ2) is 1.96. The first kappa shape index (κ1) is 5.69. The second-order valence-electron chi connectivity index (χ2n) is 3.13. The van der Waals surface area contributed by atoms with Gasteiger partial charge in [-0.2, -0.15) is 0 Å². The van der Waals surface area contributed by atoms with Crippen molar-refractivity contribution in [3.05, 3.63) is 0 Å². The van der Waals surface area contributed by atoms with Gasteiger partial charge >= 0.3 is 0 Å². The van der Waals surface area contributed by atoms with Crippen LogP contribution in [-0.2, 0) is 0 Å². The van der Waals surface area contributed by atoms with Crippen molar-refractivity contribution in [3.63, 3.8) is 0 Å². The maximum atomic E-state index is 4.31. The zero-order valence-electron chi connectivity index (χ0n) is 5.69.